The molecule has 1 rings (SSSR count). The molecule has 3 nitrogen and oxygen atoms in total. The fourth-order valence-electron chi connectivity index (χ4n) is 0.890. The molecule has 0 aliphatic carbocycles. The Morgan fingerprint density at radius 2 is 2.14 bits per heavy atom. The van der Waals surface area contributed by atoms with E-state index in [1.807, 2.05) is 6.07 Å². The SMILES string of the molecule is CC(C#N)Oc1ccc(C#N)c(F)c1. The van der Waals surface area contributed by atoms with Gasteiger partial charge in [-0.15, -0.1) is 0 Å². The van der Waals surface area contributed by atoms with E-state index in [-0.39, 0.29) is 11.3 Å². The molecule has 0 aliphatic rings. The van der Waals surface area contributed by atoms with E-state index in [9.17, 15) is 4.39 Å². The van der Waals surface area contributed by atoms with Crippen LogP contribution in [0.3, 0.4) is 0 Å². The Labute approximate surface area is 81.0 Å². The van der Waals surface area contributed by atoms with Crippen molar-refractivity contribution >= 4 is 0 Å². The van der Waals surface area contributed by atoms with Crippen LogP contribution in [0.2, 0.25) is 0 Å². The fourth-order valence-corrected chi connectivity index (χ4v) is 0.890. The first-order chi connectivity index (χ1) is 6.67. The quantitative estimate of drug-likeness (QED) is 0.716. The summed E-state index contributed by atoms with van der Waals surface area (Å²) in [7, 11) is 0. The summed E-state index contributed by atoms with van der Waals surface area (Å²) in [5, 5.41) is 16.9. The van der Waals surface area contributed by atoms with Crippen LogP contribution < -0.4 is 4.74 Å². The Morgan fingerprint density at radius 3 is 2.64 bits per heavy atom. The number of nitrogens with zero attached hydrogens (tertiary/aromatic N) is 2. The topological polar surface area (TPSA) is 56.8 Å². The number of ether oxygens (including phenoxy) is 1. The van der Waals surface area contributed by atoms with E-state index in [2.05, 4.69) is 0 Å². The van der Waals surface area contributed by atoms with Crippen LogP contribution in [0, 0.1) is 28.5 Å². The number of benzene rings is 1. The third kappa shape index (κ3) is 2.21. The summed E-state index contributed by atoms with van der Waals surface area (Å²) in [6.07, 6.45) is -0.637. The molecule has 0 bridgehead atoms. The average molecular weight is 190 g/mol. The summed E-state index contributed by atoms with van der Waals surface area (Å²) in [4.78, 5) is 0. The van der Waals surface area contributed by atoms with Gasteiger partial charge in [-0.05, 0) is 19.1 Å². The van der Waals surface area contributed by atoms with Gasteiger partial charge in [0, 0.05) is 6.07 Å². The predicted molar refractivity (Wildman–Crippen MR) is 46.8 cm³/mol. The van der Waals surface area contributed by atoms with Crippen molar-refractivity contribution in [1.29, 1.82) is 10.5 Å². The van der Waals surface area contributed by atoms with Crippen LogP contribution in [0.4, 0.5) is 4.39 Å². The normalized spacial score (nSPS) is 11.1. The highest BCUT2D eigenvalue weighted by Crippen LogP contribution is 2.16. The monoisotopic (exact) mass is 190 g/mol. The molecule has 0 fully saturated rings. The van der Waals surface area contributed by atoms with Crippen molar-refractivity contribution in [3.63, 3.8) is 0 Å². The second kappa shape index (κ2) is 4.25. The molecular formula is C10H7FN2O. The first kappa shape index (κ1) is 10.0. The summed E-state index contributed by atoms with van der Waals surface area (Å²) in [5.41, 5.74) is -0.0399. The van der Waals surface area contributed by atoms with Gasteiger partial charge in [0.05, 0.1) is 5.56 Å². The minimum atomic E-state index is -0.643. The van der Waals surface area contributed by atoms with Crippen LogP contribution in [0.15, 0.2) is 18.2 Å². The van der Waals surface area contributed by atoms with E-state index in [1.165, 1.54) is 12.1 Å². The van der Waals surface area contributed by atoms with E-state index >= 15 is 0 Å². The van der Waals surface area contributed by atoms with Crippen LogP contribution in [-0.4, -0.2) is 6.10 Å². The molecule has 4 heteroatoms. The third-order valence-electron chi connectivity index (χ3n) is 1.56. The molecule has 0 N–H and O–H groups in total. The van der Waals surface area contributed by atoms with Gasteiger partial charge in [0.2, 0.25) is 0 Å². The third-order valence-corrected chi connectivity index (χ3v) is 1.56. The lowest BCUT2D eigenvalue weighted by molar-refractivity contribution is 0.275. The van der Waals surface area contributed by atoms with Gasteiger partial charge >= 0.3 is 0 Å². The van der Waals surface area contributed by atoms with Gasteiger partial charge < -0.3 is 4.74 Å². The Balaban J connectivity index is 2.89. The number of halogens is 1. The number of rotatable bonds is 2. The van der Waals surface area contributed by atoms with Gasteiger partial charge in [-0.2, -0.15) is 10.5 Å². The van der Waals surface area contributed by atoms with E-state index < -0.39 is 11.9 Å². The maximum Gasteiger partial charge on any atom is 0.181 e. The summed E-state index contributed by atoms with van der Waals surface area (Å²) < 4.78 is 18.1. The van der Waals surface area contributed by atoms with Crippen LogP contribution in [-0.2, 0) is 0 Å². The second-order valence-electron chi connectivity index (χ2n) is 2.64. The van der Waals surface area contributed by atoms with Crippen molar-refractivity contribution < 1.29 is 9.13 Å². The molecule has 0 spiro atoms. The summed E-state index contributed by atoms with van der Waals surface area (Å²) >= 11 is 0. The van der Waals surface area contributed by atoms with Gasteiger partial charge in [-0.3, -0.25) is 0 Å². The molecule has 0 saturated carbocycles. The minimum Gasteiger partial charge on any atom is -0.476 e. The lowest BCUT2D eigenvalue weighted by Crippen LogP contribution is -2.08. The molecule has 1 atom stereocenters. The minimum absolute atomic E-state index is 0.0399. The molecule has 0 radical (unpaired) electrons. The van der Waals surface area contributed by atoms with Gasteiger partial charge in [-0.25, -0.2) is 4.39 Å². The number of hydrogen-bond donors (Lipinski definition) is 0. The lowest BCUT2D eigenvalue weighted by atomic mass is 10.2. The smallest absolute Gasteiger partial charge is 0.181 e. The zero-order valence-electron chi connectivity index (χ0n) is 7.49. The molecule has 0 heterocycles. The largest absolute Gasteiger partial charge is 0.476 e. The highest BCUT2D eigenvalue weighted by Gasteiger charge is 2.05. The zero-order chi connectivity index (χ0) is 10.6. The average Bonchev–Trinajstić information content (AvgIpc) is 2.18. The first-order valence-corrected chi connectivity index (χ1v) is 3.93. The highest BCUT2D eigenvalue weighted by atomic mass is 19.1. The van der Waals surface area contributed by atoms with Crippen LogP contribution >= 0.6 is 0 Å². The molecule has 1 unspecified atom stereocenters. The molecule has 70 valence electrons. The molecule has 0 saturated heterocycles. The van der Waals surface area contributed by atoms with Crippen molar-refractivity contribution in [1.82, 2.24) is 0 Å². The molecule has 0 aromatic heterocycles. The zero-order valence-corrected chi connectivity index (χ0v) is 7.49. The highest BCUT2D eigenvalue weighted by molar-refractivity contribution is 5.36. The number of hydrogen-bond acceptors (Lipinski definition) is 3. The maximum atomic E-state index is 13.0. The van der Waals surface area contributed by atoms with E-state index in [0.717, 1.165) is 6.07 Å². The molecular weight excluding hydrogens is 183 g/mol. The molecule has 1 aromatic carbocycles. The van der Waals surface area contributed by atoms with Gasteiger partial charge in [0.15, 0.2) is 6.10 Å². The van der Waals surface area contributed by atoms with Crippen molar-refractivity contribution in [3.05, 3.63) is 29.6 Å². The number of nitriles is 2. The lowest BCUT2D eigenvalue weighted by Gasteiger charge is -2.07. The molecule has 1 aromatic rings. The summed E-state index contributed by atoms with van der Waals surface area (Å²) in [6.45, 7) is 1.55. The Hall–Kier alpha value is -2.07. The van der Waals surface area contributed by atoms with Crippen molar-refractivity contribution in [2.75, 3.05) is 0 Å². The standard InChI is InChI=1S/C10H7FN2O/c1-7(5-12)14-9-3-2-8(6-13)10(11)4-9/h2-4,7H,1H3. The maximum absolute atomic E-state index is 13.0. The van der Waals surface area contributed by atoms with Crippen LogP contribution in [0.25, 0.3) is 0 Å². The predicted octanol–water partition coefficient (Wildman–Crippen LogP) is 1.99. The van der Waals surface area contributed by atoms with Crippen LogP contribution in [0.5, 0.6) is 5.75 Å². The van der Waals surface area contributed by atoms with E-state index in [4.69, 9.17) is 15.3 Å². The Bertz CT molecular complexity index is 417. The Morgan fingerprint density at radius 1 is 1.43 bits per heavy atom. The van der Waals surface area contributed by atoms with Gasteiger partial charge in [0.1, 0.15) is 23.7 Å². The van der Waals surface area contributed by atoms with Crippen LogP contribution in [0.1, 0.15) is 12.5 Å². The summed E-state index contributed by atoms with van der Waals surface area (Å²) in [5.74, 6) is -0.398. The fraction of sp³-hybridized carbons (Fsp3) is 0.200. The second-order valence-corrected chi connectivity index (χ2v) is 2.64. The molecule has 0 amide bonds. The van der Waals surface area contributed by atoms with E-state index in [0.29, 0.717) is 0 Å². The van der Waals surface area contributed by atoms with E-state index in [1.54, 1.807) is 13.0 Å². The molecule has 0 aliphatic heterocycles. The van der Waals surface area contributed by atoms with Crippen molar-refractivity contribution in [2.45, 2.75) is 13.0 Å². The van der Waals surface area contributed by atoms with Gasteiger partial charge in [0.25, 0.3) is 0 Å². The first-order valence-electron chi connectivity index (χ1n) is 3.93. The molecule has 14 heavy (non-hydrogen) atoms. The van der Waals surface area contributed by atoms with Crippen molar-refractivity contribution in [2.24, 2.45) is 0 Å². The van der Waals surface area contributed by atoms with Crippen molar-refractivity contribution in [3.8, 4) is 17.9 Å². The Kier molecular flexibility index (Phi) is 3.04. The summed E-state index contributed by atoms with van der Waals surface area (Å²) in [6, 6.07) is 7.40. The van der Waals surface area contributed by atoms with Gasteiger partial charge in [-0.1, -0.05) is 0 Å².